The molecule has 0 aliphatic heterocycles. The molecule has 0 aromatic carbocycles. The average molecular weight is 265 g/mol. The maximum atomic E-state index is 11.9. The van der Waals surface area contributed by atoms with Crippen molar-refractivity contribution >= 4 is 23.5 Å². The molecule has 0 bridgehead atoms. The summed E-state index contributed by atoms with van der Waals surface area (Å²) in [7, 11) is 0. The molecular weight excluding hydrogens is 246 g/mol. The minimum Gasteiger partial charge on any atom is -0.370 e. The fourth-order valence-electron chi connectivity index (χ4n) is 1.75. The minimum absolute atomic E-state index is 0.0362. The van der Waals surface area contributed by atoms with Crippen molar-refractivity contribution in [2.75, 3.05) is 24.7 Å². The van der Waals surface area contributed by atoms with E-state index in [0.29, 0.717) is 10.3 Å². The Morgan fingerprint density at radius 1 is 1.50 bits per heavy atom. The Morgan fingerprint density at radius 3 is 2.78 bits per heavy atom. The lowest BCUT2D eigenvalue weighted by molar-refractivity contribution is 0.0952. The van der Waals surface area contributed by atoms with Crippen molar-refractivity contribution in [1.82, 2.24) is 10.3 Å². The predicted molar refractivity (Wildman–Crippen MR) is 76.2 cm³/mol. The van der Waals surface area contributed by atoms with Gasteiger partial charge in [0.1, 0.15) is 5.82 Å². The minimum atomic E-state index is -0.0362. The van der Waals surface area contributed by atoms with E-state index in [-0.39, 0.29) is 5.91 Å². The number of carbonyl (C=O) groups is 1. The Morgan fingerprint density at radius 2 is 2.28 bits per heavy atom. The predicted octanol–water partition coefficient (Wildman–Crippen LogP) is 2.14. The van der Waals surface area contributed by atoms with Crippen LogP contribution in [0.5, 0.6) is 0 Å². The van der Waals surface area contributed by atoms with Crippen LogP contribution in [0.4, 0.5) is 5.82 Å². The van der Waals surface area contributed by atoms with Gasteiger partial charge in [-0.2, -0.15) is 11.8 Å². The van der Waals surface area contributed by atoms with Gasteiger partial charge in [0, 0.05) is 24.0 Å². The van der Waals surface area contributed by atoms with E-state index >= 15 is 0 Å². The second-order valence-electron chi connectivity index (χ2n) is 4.53. The first-order valence-corrected chi connectivity index (χ1v) is 7.45. The van der Waals surface area contributed by atoms with E-state index in [1.54, 1.807) is 12.3 Å². The number of amides is 1. The zero-order valence-electron chi connectivity index (χ0n) is 10.8. The van der Waals surface area contributed by atoms with E-state index in [2.05, 4.69) is 21.9 Å². The lowest BCUT2D eigenvalue weighted by Crippen LogP contribution is -2.31. The van der Waals surface area contributed by atoms with Crippen LogP contribution in [0.2, 0.25) is 0 Å². The van der Waals surface area contributed by atoms with Gasteiger partial charge in [-0.05, 0) is 38.2 Å². The van der Waals surface area contributed by atoms with Crippen LogP contribution in [0, 0.1) is 0 Å². The molecule has 1 saturated carbocycles. The maximum absolute atomic E-state index is 11.9. The molecule has 5 heteroatoms. The van der Waals surface area contributed by atoms with Crippen LogP contribution in [0.3, 0.4) is 0 Å². The topological polar surface area (TPSA) is 54.0 Å². The van der Waals surface area contributed by atoms with Gasteiger partial charge in [-0.1, -0.05) is 0 Å². The van der Waals surface area contributed by atoms with Gasteiger partial charge in [-0.15, -0.1) is 0 Å². The molecule has 0 unspecified atom stereocenters. The molecule has 18 heavy (non-hydrogen) atoms. The van der Waals surface area contributed by atoms with Crippen LogP contribution in [0.15, 0.2) is 18.3 Å². The van der Waals surface area contributed by atoms with Gasteiger partial charge in [-0.3, -0.25) is 4.79 Å². The SMILES string of the molecule is CCNc1ccc(C(=O)NCC2(SC)CC2)cn1. The molecule has 1 aromatic heterocycles. The highest BCUT2D eigenvalue weighted by Crippen LogP contribution is 2.46. The third-order valence-corrected chi connectivity index (χ3v) is 4.61. The van der Waals surface area contributed by atoms with E-state index in [0.717, 1.165) is 18.9 Å². The van der Waals surface area contributed by atoms with Gasteiger partial charge in [0.25, 0.3) is 5.91 Å². The lowest BCUT2D eigenvalue weighted by atomic mass is 10.2. The van der Waals surface area contributed by atoms with Crippen LogP contribution in [0.1, 0.15) is 30.1 Å². The zero-order chi connectivity index (χ0) is 13.0. The van der Waals surface area contributed by atoms with Crippen LogP contribution >= 0.6 is 11.8 Å². The number of rotatable bonds is 6. The average Bonchev–Trinajstić information content (AvgIpc) is 3.18. The van der Waals surface area contributed by atoms with Crippen molar-refractivity contribution in [3.05, 3.63) is 23.9 Å². The highest BCUT2D eigenvalue weighted by Gasteiger charge is 2.41. The van der Waals surface area contributed by atoms with Gasteiger partial charge in [0.2, 0.25) is 0 Å². The second-order valence-corrected chi connectivity index (χ2v) is 5.81. The maximum Gasteiger partial charge on any atom is 0.252 e. The van der Waals surface area contributed by atoms with Crippen molar-refractivity contribution in [3.63, 3.8) is 0 Å². The largest absolute Gasteiger partial charge is 0.370 e. The molecule has 0 atom stereocenters. The molecule has 1 aliphatic carbocycles. The molecule has 0 spiro atoms. The van der Waals surface area contributed by atoms with E-state index < -0.39 is 0 Å². The molecule has 2 rings (SSSR count). The van der Waals surface area contributed by atoms with Crippen LogP contribution < -0.4 is 10.6 Å². The number of nitrogens with one attached hydrogen (secondary N) is 2. The number of anilines is 1. The zero-order valence-corrected chi connectivity index (χ0v) is 11.6. The summed E-state index contributed by atoms with van der Waals surface area (Å²) in [5.74, 6) is 0.766. The number of hydrogen-bond acceptors (Lipinski definition) is 4. The summed E-state index contributed by atoms with van der Waals surface area (Å²) in [4.78, 5) is 16.1. The fraction of sp³-hybridized carbons (Fsp3) is 0.538. The fourth-order valence-corrected chi connectivity index (χ4v) is 2.48. The number of nitrogens with zero attached hydrogens (tertiary/aromatic N) is 1. The molecule has 2 N–H and O–H groups in total. The number of pyridine rings is 1. The Balaban J connectivity index is 1.88. The smallest absolute Gasteiger partial charge is 0.252 e. The highest BCUT2D eigenvalue weighted by atomic mass is 32.2. The van der Waals surface area contributed by atoms with E-state index in [1.807, 2.05) is 24.8 Å². The molecule has 1 aliphatic rings. The van der Waals surface area contributed by atoms with Gasteiger partial charge < -0.3 is 10.6 Å². The summed E-state index contributed by atoms with van der Waals surface area (Å²) in [6.45, 7) is 3.59. The van der Waals surface area contributed by atoms with Crippen molar-refractivity contribution in [3.8, 4) is 0 Å². The van der Waals surface area contributed by atoms with Gasteiger partial charge in [-0.25, -0.2) is 4.98 Å². The van der Waals surface area contributed by atoms with Crippen molar-refractivity contribution in [2.24, 2.45) is 0 Å². The highest BCUT2D eigenvalue weighted by molar-refractivity contribution is 8.00. The molecule has 1 aromatic rings. The summed E-state index contributed by atoms with van der Waals surface area (Å²) >= 11 is 1.84. The van der Waals surface area contributed by atoms with Crippen molar-refractivity contribution in [2.45, 2.75) is 24.5 Å². The molecule has 1 fully saturated rings. The molecular formula is C13H19N3OS. The second kappa shape index (κ2) is 5.61. The number of hydrogen-bond donors (Lipinski definition) is 2. The Labute approximate surface area is 112 Å². The number of thioether (sulfide) groups is 1. The van der Waals surface area contributed by atoms with Crippen LogP contribution in [0.25, 0.3) is 0 Å². The molecule has 0 radical (unpaired) electrons. The van der Waals surface area contributed by atoms with Gasteiger partial charge in [0.05, 0.1) is 5.56 Å². The summed E-state index contributed by atoms with van der Waals surface area (Å²) in [6, 6.07) is 3.64. The van der Waals surface area contributed by atoms with Crippen LogP contribution in [-0.4, -0.2) is 35.0 Å². The normalized spacial score (nSPS) is 16.1. The Bertz CT molecular complexity index is 415. The monoisotopic (exact) mass is 265 g/mol. The molecule has 98 valence electrons. The standard InChI is InChI=1S/C13H19N3OS/c1-3-14-11-5-4-10(8-15-11)12(17)16-9-13(18-2)6-7-13/h4-5,8H,3,6-7,9H2,1-2H3,(H,14,15)(H,16,17). The van der Waals surface area contributed by atoms with Gasteiger partial charge >= 0.3 is 0 Å². The lowest BCUT2D eigenvalue weighted by Gasteiger charge is -2.13. The van der Waals surface area contributed by atoms with Crippen molar-refractivity contribution in [1.29, 1.82) is 0 Å². The summed E-state index contributed by atoms with van der Waals surface area (Å²) in [6.07, 6.45) is 6.12. The molecule has 4 nitrogen and oxygen atoms in total. The first-order chi connectivity index (χ1) is 8.69. The molecule has 1 amide bonds. The number of carbonyl (C=O) groups excluding carboxylic acids is 1. The van der Waals surface area contributed by atoms with E-state index in [9.17, 15) is 4.79 Å². The Hall–Kier alpha value is -1.23. The van der Waals surface area contributed by atoms with E-state index in [4.69, 9.17) is 0 Å². The third kappa shape index (κ3) is 3.16. The summed E-state index contributed by atoms with van der Waals surface area (Å²) in [5, 5.41) is 6.09. The Kier molecular flexibility index (Phi) is 4.11. The summed E-state index contributed by atoms with van der Waals surface area (Å²) < 4.78 is 0.298. The number of aromatic nitrogens is 1. The third-order valence-electron chi connectivity index (χ3n) is 3.20. The quantitative estimate of drug-likeness (QED) is 0.827. The molecule has 0 saturated heterocycles. The summed E-state index contributed by atoms with van der Waals surface area (Å²) in [5.41, 5.74) is 0.619. The van der Waals surface area contributed by atoms with E-state index in [1.165, 1.54) is 12.8 Å². The molecule has 1 heterocycles. The van der Waals surface area contributed by atoms with Crippen molar-refractivity contribution < 1.29 is 4.79 Å². The van der Waals surface area contributed by atoms with Gasteiger partial charge in [0.15, 0.2) is 0 Å². The first-order valence-electron chi connectivity index (χ1n) is 6.22. The first kappa shape index (κ1) is 13.2. The van der Waals surface area contributed by atoms with Crippen LogP contribution in [-0.2, 0) is 0 Å².